The molecule has 0 aliphatic heterocycles. The molecule has 3 aromatic heterocycles. The average molecular weight is 382 g/mol. The minimum absolute atomic E-state index is 0.0508. The molecule has 3 aromatic rings. The van der Waals surface area contributed by atoms with E-state index in [1.165, 1.54) is 17.6 Å². The molecule has 26 heavy (non-hydrogen) atoms. The van der Waals surface area contributed by atoms with Crippen molar-refractivity contribution in [3.8, 4) is 0 Å². The summed E-state index contributed by atoms with van der Waals surface area (Å²) in [5.41, 5.74) is -2.20. The Hall–Kier alpha value is -2.65. The summed E-state index contributed by atoms with van der Waals surface area (Å²) in [4.78, 5) is 15.5. The molecule has 0 fully saturated rings. The van der Waals surface area contributed by atoms with E-state index in [-0.39, 0.29) is 17.9 Å². The fraction of sp³-hybridized carbons (Fsp3) is 0.176. The van der Waals surface area contributed by atoms with Gasteiger partial charge in [0.25, 0.3) is 5.91 Å². The molecule has 0 aliphatic carbocycles. The zero-order valence-corrected chi connectivity index (χ0v) is 14.0. The predicted octanol–water partition coefficient (Wildman–Crippen LogP) is 3.42. The molecule has 3 heterocycles. The lowest BCUT2D eigenvalue weighted by Crippen LogP contribution is -2.41. The molecule has 0 spiro atoms. The molecule has 0 aliphatic rings. The first-order valence-corrected chi connectivity index (χ1v) is 8.35. The molecular weight excluding hydrogens is 369 g/mol. The van der Waals surface area contributed by atoms with Crippen molar-refractivity contribution in [3.63, 3.8) is 0 Å². The standard InChI is InChI=1S/C17H13F3N2O3S/c18-17(19,20)13-4-3-11(8-21-13)15(23)22-10-16(24,12-5-7-26-9-12)14-2-1-6-25-14/h1-9,24H,10H2,(H,22,23)/t16-/m0/s1. The highest BCUT2D eigenvalue weighted by molar-refractivity contribution is 7.08. The number of furan rings is 1. The lowest BCUT2D eigenvalue weighted by Gasteiger charge is -2.25. The number of halogens is 3. The Morgan fingerprint density at radius 3 is 2.62 bits per heavy atom. The van der Waals surface area contributed by atoms with E-state index in [0.717, 1.165) is 18.3 Å². The van der Waals surface area contributed by atoms with E-state index in [0.29, 0.717) is 5.56 Å². The van der Waals surface area contributed by atoms with Gasteiger partial charge in [0.05, 0.1) is 18.4 Å². The Morgan fingerprint density at radius 2 is 2.08 bits per heavy atom. The molecule has 0 radical (unpaired) electrons. The largest absolute Gasteiger partial charge is 0.466 e. The van der Waals surface area contributed by atoms with Gasteiger partial charge in [-0.25, -0.2) is 0 Å². The number of thiophene rings is 1. The summed E-state index contributed by atoms with van der Waals surface area (Å²) >= 11 is 1.37. The van der Waals surface area contributed by atoms with Crippen LogP contribution in [0, 0.1) is 0 Å². The van der Waals surface area contributed by atoms with E-state index >= 15 is 0 Å². The number of amides is 1. The lowest BCUT2D eigenvalue weighted by molar-refractivity contribution is -0.141. The normalized spacial score (nSPS) is 14.0. The number of aromatic nitrogens is 1. The Balaban J connectivity index is 1.76. The zero-order chi connectivity index (χ0) is 18.8. The van der Waals surface area contributed by atoms with Gasteiger partial charge in [0.1, 0.15) is 11.5 Å². The fourth-order valence-corrected chi connectivity index (χ4v) is 3.08. The van der Waals surface area contributed by atoms with Crippen LogP contribution in [0.25, 0.3) is 0 Å². The van der Waals surface area contributed by atoms with Crippen LogP contribution in [0.4, 0.5) is 13.2 Å². The number of carbonyl (C=O) groups is 1. The maximum atomic E-state index is 12.5. The van der Waals surface area contributed by atoms with E-state index in [9.17, 15) is 23.1 Å². The monoisotopic (exact) mass is 382 g/mol. The molecule has 0 bridgehead atoms. The molecule has 3 rings (SSSR count). The molecule has 1 amide bonds. The SMILES string of the molecule is O=C(NC[C@](O)(c1ccsc1)c1ccco1)c1ccc(C(F)(F)F)nc1. The molecule has 0 aromatic carbocycles. The second-order valence-electron chi connectivity index (χ2n) is 5.46. The van der Waals surface area contributed by atoms with Crippen molar-refractivity contribution in [2.75, 3.05) is 6.54 Å². The van der Waals surface area contributed by atoms with Crippen LogP contribution in [0.5, 0.6) is 0 Å². The summed E-state index contributed by atoms with van der Waals surface area (Å²) in [7, 11) is 0. The van der Waals surface area contributed by atoms with E-state index in [1.54, 1.807) is 29.0 Å². The van der Waals surface area contributed by atoms with Gasteiger partial charge in [0.2, 0.25) is 0 Å². The first kappa shape index (κ1) is 18.2. The molecule has 136 valence electrons. The van der Waals surface area contributed by atoms with E-state index in [4.69, 9.17) is 4.42 Å². The lowest BCUT2D eigenvalue weighted by atomic mass is 9.93. The number of hydrogen-bond donors (Lipinski definition) is 2. The summed E-state index contributed by atoms with van der Waals surface area (Å²) in [6, 6.07) is 6.63. The summed E-state index contributed by atoms with van der Waals surface area (Å²) in [6.07, 6.45) is -2.34. The number of carbonyl (C=O) groups excluding carboxylic acids is 1. The van der Waals surface area contributed by atoms with Crippen molar-refractivity contribution in [2.24, 2.45) is 0 Å². The maximum Gasteiger partial charge on any atom is 0.433 e. The number of nitrogens with zero attached hydrogens (tertiary/aromatic N) is 1. The third-order valence-electron chi connectivity index (χ3n) is 3.75. The van der Waals surface area contributed by atoms with E-state index < -0.39 is 23.4 Å². The average Bonchev–Trinajstić information content (AvgIpc) is 3.32. The number of pyridine rings is 1. The smallest absolute Gasteiger partial charge is 0.433 e. The number of rotatable bonds is 5. The van der Waals surface area contributed by atoms with Crippen LogP contribution in [0.15, 0.2) is 58.0 Å². The van der Waals surface area contributed by atoms with Crippen molar-refractivity contribution in [2.45, 2.75) is 11.8 Å². The van der Waals surface area contributed by atoms with Crippen molar-refractivity contribution in [1.29, 1.82) is 0 Å². The molecule has 0 unspecified atom stereocenters. The third kappa shape index (κ3) is 3.63. The van der Waals surface area contributed by atoms with Crippen LogP contribution in [0.1, 0.15) is 27.4 Å². The number of hydrogen-bond acceptors (Lipinski definition) is 5. The van der Waals surface area contributed by atoms with Crippen LogP contribution in [-0.2, 0) is 11.8 Å². The van der Waals surface area contributed by atoms with Gasteiger partial charge in [-0.15, -0.1) is 0 Å². The van der Waals surface area contributed by atoms with Crippen LogP contribution in [-0.4, -0.2) is 22.5 Å². The molecule has 1 atom stereocenters. The second-order valence-corrected chi connectivity index (χ2v) is 6.24. The van der Waals surface area contributed by atoms with Crippen molar-refractivity contribution in [3.05, 3.63) is 76.1 Å². The minimum atomic E-state index is -4.58. The summed E-state index contributed by atoms with van der Waals surface area (Å²) in [6.45, 7) is -0.225. The van der Waals surface area contributed by atoms with Gasteiger partial charge in [0, 0.05) is 11.8 Å². The Labute approximate surface area is 150 Å². The van der Waals surface area contributed by atoms with Crippen molar-refractivity contribution < 1.29 is 27.5 Å². The highest BCUT2D eigenvalue weighted by Crippen LogP contribution is 2.31. The first-order chi connectivity index (χ1) is 12.3. The van der Waals surface area contributed by atoms with Gasteiger partial charge in [0.15, 0.2) is 5.60 Å². The van der Waals surface area contributed by atoms with Gasteiger partial charge in [-0.3, -0.25) is 9.78 Å². The fourth-order valence-electron chi connectivity index (χ4n) is 2.35. The highest BCUT2D eigenvalue weighted by Gasteiger charge is 2.36. The molecule has 0 saturated carbocycles. The summed E-state index contributed by atoms with van der Waals surface area (Å²) in [5.74, 6) is -0.423. The highest BCUT2D eigenvalue weighted by atomic mass is 32.1. The molecular formula is C17H13F3N2O3S. The zero-order valence-electron chi connectivity index (χ0n) is 13.2. The summed E-state index contributed by atoms with van der Waals surface area (Å²) < 4.78 is 42.9. The topological polar surface area (TPSA) is 75.4 Å². The second kappa shape index (κ2) is 6.93. The number of aliphatic hydroxyl groups is 1. The predicted molar refractivity (Wildman–Crippen MR) is 87.6 cm³/mol. The summed E-state index contributed by atoms with van der Waals surface area (Å²) in [5, 5.41) is 17.0. The molecule has 0 saturated heterocycles. The first-order valence-electron chi connectivity index (χ1n) is 7.41. The van der Waals surface area contributed by atoms with Crippen molar-refractivity contribution >= 4 is 17.2 Å². The molecule has 2 N–H and O–H groups in total. The maximum absolute atomic E-state index is 12.5. The third-order valence-corrected chi connectivity index (χ3v) is 4.43. The van der Waals surface area contributed by atoms with Crippen LogP contribution < -0.4 is 5.32 Å². The number of alkyl halides is 3. The quantitative estimate of drug-likeness (QED) is 0.709. The Morgan fingerprint density at radius 1 is 1.27 bits per heavy atom. The van der Waals surface area contributed by atoms with Crippen LogP contribution in [0.3, 0.4) is 0 Å². The van der Waals surface area contributed by atoms with Gasteiger partial charge < -0.3 is 14.8 Å². The number of nitrogens with one attached hydrogen (secondary N) is 1. The molecule has 5 nitrogen and oxygen atoms in total. The van der Waals surface area contributed by atoms with Gasteiger partial charge >= 0.3 is 6.18 Å². The van der Waals surface area contributed by atoms with E-state index in [1.807, 2.05) is 0 Å². The Kier molecular flexibility index (Phi) is 4.84. The van der Waals surface area contributed by atoms with Gasteiger partial charge in [-0.2, -0.15) is 24.5 Å². The minimum Gasteiger partial charge on any atom is -0.466 e. The Bertz CT molecular complexity index is 826. The van der Waals surface area contributed by atoms with E-state index in [2.05, 4.69) is 10.3 Å². The van der Waals surface area contributed by atoms with Crippen molar-refractivity contribution in [1.82, 2.24) is 10.3 Å². The van der Waals surface area contributed by atoms with Crippen LogP contribution in [0.2, 0.25) is 0 Å². The van der Waals surface area contributed by atoms with Crippen LogP contribution >= 0.6 is 11.3 Å². The molecule has 9 heteroatoms. The van der Waals surface area contributed by atoms with Gasteiger partial charge in [-0.05, 0) is 41.1 Å². The van der Waals surface area contributed by atoms with Gasteiger partial charge in [-0.1, -0.05) is 0 Å².